The molecule has 0 saturated carbocycles. The predicted octanol–water partition coefficient (Wildman–Crippen LogP) is 1.28. The second kappa shape index (κ2) is 5.01. The van der Waals surface area contributed by atoms with Crippen molar-refractivity contribution in [2.24, 2.45) is 7.05 Å². The molecule has 0 amide bonds. The maximum absolute atomic E-state index is 11.4. The van der Waals surface area contributed by atoms with Gasteiger partial charge >= 0.3 is 11.6 Å². The lowest BCUT2D eigenvalue weighted by Crippen LogP contribution is -2.12. The normalized spacial score (nSPS) is 10.4. The zero-order valence-corrected chi connectivity index (χ0v) is 10.5. The molecule has 0 fully saturated rings. The van der Waals surface area contributed by atoms with E-state index >= 15 is 0 Å². The molecule has 6 heteroatoms. The second-order valence-electron chi connectivity index (χ2n) is 4.03. The highest BCUT2D eigenvalue weighted by Gasteiger charge is 2.21. The number of methoxy groups -OCH3 is 1. The number of hydrogen-bond donors (Lipinski definition) is 1. The highest BCUT2D eigenvalue weighted by atomic mass is 16.5. The van der Waals surface area contributed by atoms with Gasteiger partial charge in [0, 0.05) is 13.5 Å². The average molecular weight is 263 g/mol. The number of carboxylic acids is 1. The molecule has 19 heavy (non-hydrogen) atoms. The molecule has 0 radical (unpaired) electrons. The summed E-state index contributed by atoms with van der Waals surface area (Å²) in [6.45, 7) is 0. The van der Waals surface area contributed by atoms with E-state index in [0.29, 0.717) is 17.9 Å². The van der Waals surface area contributed by atoms with Crippen molar-refractivity contribution >= 4 is 5.97 Å². The molecule has 0 unspecified atom stereocenters. The number of carboxylic acid groups (broad SMARTS) is 1. The quantitative estimate of drug-likeness (QED) is 0.898. The monoisotopic (exact) mass is 263 g/mol. The number of nitrogens with zero attached hydrogens (tertiary/aromatic N) is 1. The van der Waals surface area contributed by atoms with E-state index < -0.39 is 11.6 Å². The molecular weight excluding hydrogens is 250 g/mol. The van der Waals surface area contributed by atoms with E-state index in [0.717, 1.165) is 5.56 Å². The average Bonchev–Trinajstić information content (AvgIpc) is 2.65. The molecule has 0 aliphatic heterocycles. The van der Waals surface area contributed by atoms with Crippen molar-refractivity contribution < 1.29 is 19.2 Å². The summed E-state index contributed by atoms with van der Waals surface area (Å²) in [4.78, 5) is 22.5. The van der Waals surface area contributed by atoms with Gasteiger partial charge in [0.1, 0.15) is 5.75 Å². The van der Waals surface area contributed by atoms with Crippen LogP contribution < -0.4 is 10.4 Å². The summed E-state index contributed by atoms with van der Waals surface area (Å²) < 4.78 is 11.0. The fourth-order valence-electron chi connectivity index (χ4n) is 1.85. The summed E-state index contributed by atoms with van der Waals surface area (Å²) in [5.41, 5.74) is 0.0409. The fraction of sp³-hybridized carbons (Fsp3) is 0.231. The van der Waals surface area contributed by atoms with E-state index in [4.69, 9.17) is 14.4 Å². The molecular formula is C13H13NO5. The Balaban J connectivity index is 2.37. The molecule has 1 aromatic heterocycles. The van der Waals surface area contributed by atoms with Gasteiger partial charge in [0.05, 0.1) is 12.8 Å². The molecule has 2 rings (SSSR count). The molecule has 0 atom stereocenters. The number of rotatable bonds is 4. The van der Waals surface area contributed by atoms with E-state index in [2.05, 4.69) is 0 Å². The first-order valence-electron chi connectivity index (χ1n) is 5.58. The van der Waals surface area contributed by atoms with Gasteiger partial charge in [0.2, 0.25) is 0 Å². The van der Waals surface area contributed by atoms with Gasteiger partial charge in [-0.3, -0.25) is 0 Å². The van der Waals surface area contributed by atoms with Crippen LogP contribution in [0.15, 0.2) is 33.6 Å². The number of carbonyl (C=O) groups is 1. The summed E-state index contributed by atoms with van der Waals surface area (Å²) in [5.74, 6) is -0.568. The van der Waals surface area contributed by atoms with Gasteiger partial charge in [-0.15, -0.1) is 0 Å². The molecule has 6 nitrogen and oxygen atoms in total. The lowest BCUT2D eigenvalue weighted by molar-refractivity contribution is 0.0693. The molecule has 0 aliphatic carbocycles. The topological polar surface area (TPSA) is 81.7 Å². The number of ether oxygens (including phenoxy) is 1. The molecule has 0 aliphatic rings. The summed E-state index contributed by atoms with van der Waals surface area (Å²) in [7, 11) is 3.07. The van der Waals surface area contributed by atoms with Crippen LogP contribution in [0.3, 0.4) is 0 Å². The largest absolute Gasteiger partial charge is 0.497 e. The summed E-state index contributed by atoms with van der Waals surface area (Å²) >= 11 is 0. The van der Waals surface area contributed by atoms with Gasteiger partial charge in [-0.2, -0.15) is 0 Å². The van der Waals surface area contributed by atoms with Crippen LogP contribution in [0.25, 0.3) is 0 Å². The summed E-state index contributed by atoms with van der Waals surface area (Å²) in [6, 6.07) is 7.16. The molecule has 2 aromatic rings. The van der Waals surface area contributed by atoms with E-state index in [1.165, 1.54) is 11.8 Å². The van der Waals surface area contributed by atoms with Crippen LogP contribution >= 0.6 is 0 Å². The Hall–Kier alpha value is -2.50. The lowest BCUT2D eigenvalue weighted by atomic mass is 10.1. The Bertz CT molecular complexity index is 651. The molecule has 1 aromatic carbocycles. The molecule has 0 spiro atoms. The van der Waals surface area contributed by atoms with Crippen LogP contribution in [0.2, 0.25) is 0 Å². The maximum Gasteiger partial charge on any atom is 0.372 e. The number of aromatic nitrogens is 1. The van der Waals surface area contributed by atoms with Gasteiger partial charge in [0.15, 0.2) is 5.56 Å². The van der Waals surface area contributed by atoms with E-state index in [1.54, 1.807) is 19.2 Å². The smallest absolute Gasteiger partial charge is 0.372 e. The van der Waals surface area contributed by atoms with E-state index in [1.807, 2.05) is 12.1 Å². The van der Waals surface area contributed by atoms with Crippen LogP contribution in [-0.4, -0.2) is 22.9 Å². The summed E-state index contributed by atoms with van der Waals surface area (Å²) in [5, 5.41) is 9.03. The predicted molar refractivity (Wildman–Crippen MR) is 66.7 cm³/mol. The first kappa shape index (κ1) is 12.9. The van der Waals surface area contributed by atoms with Crippen molar-refractivity contribution in [3.8, 4) is 5.75 Å². The van der Waals surface area contributed by atoms with Gasteiger partial charge in [-0.25, -0.2) is 14.3 Å². The minimum atomic E-state index is -1.28. The number of aryl methyl sites for hydroxylation is 1. The zero-order chi connectivity index (χ0) is 14.0. The van der Waals surface area contributed by atoms with Crippen molar-refractivity contribution in [2.75, 3.05) is 7.11 Å². The van der Waals surface area contributed by atoms with Crippen molar-refractivity contribution in [1.82, 2.24) is 4.74 Å². The van der Waals surface area contributed by atoms with Crippen LogP contribution in [-0.2, 0) is 13.5 Å². The Kier molecular flexibility index (Phi) is 3.41. The van der Waals surface area contributed by atoms with Crippen LogP contribution in [0.1, 0.15) is 21.6 Å². The van der Waals surface area contributed by atoms with Crippen molar-refractivity contribution in [3.63, 3.8) is 0 Å². The van der Waals surface area contributed by atoms with E-state index in [9.17, 15) is 9.59 Å². The molecule has 1 N–H and O–H groups in total. The molecule has 0 saturated heterocycles. The minimum Gasteiger partial charge on any atom is -0.497 e. The van der Waals surface area contributed by atoms with Gasteiger partial charge in [-0.1, -0.05) is 12.1 Å². The Morgan fingerprint density at radius 1 is 1.37 bits per heavy atom. The van der Waals surface area contributed by atoms with Crippen LogP contribution in [0.5, 0.6) is 5.75 Å². The van der Waals surface area contributed by atoms with Gasteiger partial charge in [0.25, 0.3) is 0 Å². The Morgan fingerprint density at radius 2 is 2.00 bits per heavy atom. The van der Waals surface area contributed by atoms with Gasteiger partial charge < -0.3 is 14.4 Å². The fourth-order valence-corrected chi connectivity index (χ4v) is 1.85. The third kappa shape index (κ3) is 2.52. The van der Waals surface area contributed by atoms with E-state index in [-0.39, 0.29) is 5.56 Å². The van der Waals surface area contributed by atoms with Crippen molar-refractivity contribution in [3.05, 3.63) is 51.5 Å². The van der Waals surface area contributed by atoms with Gasteiger partial charge in [-0.05, 0) is 17.7 Å². The third-order valence-corrected chi connectivity index (χ3v) is 2.84. The SMILES string of the molecule is COc1ccc(Cc2c(C(=O)O)c(=O)on2C)cc1. The van der Waals surface area contributed by atoms with Crippen molar-refractivity contribution in [2.45, 2.75) is 6.42 Å². The standard InChI is InChI=1S/C13H13NO5/c1-14-10(11(12(15)16)13(17)19-14)7-8-3-5-9(18-2)6-4-8/h3-6H,7H2,1-2H3,(H,15,16). The Morgan fingerprint density at radius 3 is 2.53 bits per heavy atom. The Labute approximate surface area is 108 Å². The highest BCUT2D eigenvalue weighted by molar-refractivity contribution is 5.88. The zero-order valence-electron chi connectivity index (χ0n) is 10.5. The maximum atomic E-state index is 11.4. The molecule has 100 valence electrons. The first-order valence-corrected chi connectivity index (χ1v) is 5.58. The second-order valence-corrected chi connectivity index (χ2v) is 4.03. The number of hydrogen-bond acceptors (Lipinski definition) is 4. The van der Waals surface area contributed by atoms with Crippen molar-refractivity contribution in [1.29, 1.82) is 0 Å². The molecule has 1 heterocycles. The minimum absolute atomic E-state index is 0.299. The number of aromatic carboxylic acids is 1. The number of benzene rings is 1. The summed E-state index contributed by atoms with van der Waals surface area (Å²) in [6.07, 6.45) is 0.299. The van der Waals surface area contributed by atoms with Crippen LogP contribution in [0, 0.1) is 0 Å². The first-order chi connectivity index (χ1) is 9.02. The third-order valence-electron chi connectivity index (χ3n) is 2.84. The molecule has 0 bridgehead atoms. The van der Waals surface area contributed by atoms with Crippen LogP contribution in [0.4, 0.5) is 0 Å². The highest BCUT2D eigenvalue weighted by Crippen LogP contribution is 2.16. The lowest BCUT2D eigenvalue weighted by Gasteiger charge is -2.04.